The highest BCUT2D eigenvalue weighted by Crippen LogP contribution is 2.30. The molecule has 2 aromatic rings. The number of nitrogens with one attached hydrogen (secondary N) is 1. The number of nitrogens with zero attached hydrogens (tertiary/aromatic N) is 3. The summed E-state index contributed by atoms with van der Waals surface area (Å²) in [5.41, 5.74) is 0.215. The smallest absolute Gasteiger partial charge is 0.162 e. The summed E-state index contributed by atoms with van der Waals surface area (Å²) in [4.78, 5) is 1.70. The summed E-state index contributed by atoms with van der Waals surface area (Å²) in [5.74, 6) is -1.22. The quantitative estimate of drug-likeness (QED) is 0.901. The minimum atomic E-state index is -0.608. The molecule has 1 N–H and O–H groups in total. The molecule has 0 radical (unpaired) electrons. The van der Waals surface area contributed by atoms with Crippen LogP contribution in [0.3, 0.4) is 0 Å². The molecule has 0 saturated heterocycles. The van der Waals surface area contributed by atoms with Crippen molar-refractivity contribution in [1.82, 2.24) is 9.27 Å². The summed E-state index contributed by atoms with van der Waals surface area (Å²) >= 11 is 6.83. The van der Waals surface area contributed by atoms with Gasteiger partial charge in [0, 0.05) is 12.1 Å². The van der Waals surface area contributed by atoms with Gasteiger partial charge >= 0.3 is 0 Å². The van der Waals surface area contributed by atoms with E-state index in [9.17, 15) is 8.78 Å². The number of likely N-dealkylation sites (N-methyl/N-ethyl adjacent to an activating group) is 1. The third kappa shape index (κ3) is 3.35. The molecule has 0 aliphatic carbocycles. The molecule has 1 unspecified atom stereocenters. The molecule has 22 heavy (non-hydrogen) atoms. The standard InChI is InChI=1S/C14H13ClF2N4S/c1-21(2)11(12-9(16)4-3-5-10(12)17)7-19-14-8(6-18)13(15)20-22-14/h3-5,11,19H,7H2,1-2H3. The van der Waals surface area contributed by atoms with Crippen molar-refractivity contribution in [3.8, 4) is 6.07 Å². The van der Waals surface area contributed by atoms with E-state index < -0.39 is 17.7 Å². The lowest BCUT2D eigenvalue weighted by Crippen LogP contribution is -2.28. The van der Waals surface area contributed by atoms with Crippen LogP contribution in [0.1, 0.15) is 17.2 Å². The van der Waals surface area contributed by atoms with Gasteiger partial charge in [-0.3, -0.25) is 0 Å². The van der Waals surface area contributed by atoms with Crippen molar-refractivity contribution in [3.63, 3.8) is 0 Å². The Labute approximate surface area is 136 Å². The fourth-order valence-corrected chi connectivity index (χ4v) is 2.99. The minimum absolute atomic E-state index is 0.0193. The van der Waals surface area contributed by atoms with Gasteiger partial charge < -0.3 is 10.2 Å². The fraction of sp³-hybridized carbons (Fsp3) is 0.286. The van der Waals surface area contributed by atoms with Gasteiger partial charge in [-0.15, -0.1) is 0 Å². The Morgan fingerprint density at radius 3 is 2.59 bits per heavy atom. The Balaban J connectivity index is 2.26. The molecule has 116 valence electrons. The van der Waals surface area contributed by atoms with E-state index in [0.29, 0.717) is 5.00 Å². The van der Waals surface area contributed by atoms with E-state index in [1.165, 1.54) is 18.2 Å². The first kappa shape index (κ1) is 16.6. The third-order valence-corrected chi connectivity index (χ3v) is 4.35. The van der Waals surface area contributed by atoms with Gasteiger partial charge in [0.15, 0.2) is 5.15 Å². The zero-order valence-electron chi connectivity index (χ0n) is 11.9. The first-order chi connectivity index (χ1) is 10.5. The summed E-state index contributed by atoms with van der Waals surface area (Å²) in [5, 5.41) is 12.6. The first-order valence-electron chi connectivity index (χ1n) is 6.35. The highest BCUT2D eigenvalue weighted by molar-refractivity contribution is 7.10. The lowest BCUT2D eigenvalue weighted by atomic mass is 10.0. The van der Waals surface area contributed by atoms with E-state index in [1.807, 2.05) is 6.07 Å². The summed E-state index contributed by atoms with van der Waals surface area (Å²) < 4.78 is 31.8. The molecular formula is C14H13ClF2N4S. The number of rotatable bonds is 5. The first-order valence-corrected chi connectivity index (χ1v) is 7.50. The van der Waals surface area contributed by atoms with Crippen LogP contribution >= 0.6 is 23.1 Å². The molecule has 1 aromatic carbocycles. The van der Waals surface area contributed by atoms with Gasteiger partial charge in [-0.05, 0) is 37.8 Å². The lowest BCUT2D eigenvalue weighted by Gasteiger charge is -2.26. The molecule has 1 heterocycles. The van der Waals surface area contributed by atoms with Gasteiger partial charge in [0.2, 0.25) is 0 Å². The van der Waals surface area contributed by atoms with Crippen LogP contribution in [0.2, 0.25) is 5.15 Å². The van der Waals surface area contributed by atoms with Crippen molar-refractivity contribution in [2.75, 3.05) is 26.0 Å². The second kappa shape index (κ2) is 7.01. The number of aromatic nitrogens is 1. The van der Waals surface area contributed by atoms with E-state index in [4.69, 9.17) is 16.9 Å². The second-order valence-corrected chi connectivity index (χ2v) is 5.92. The zero-order chi connectivity index (χ0) is 16.3. The molecule has 8 heteroatoms. The number of hydrogen-bond acceptors (Lipinski definition) is 5. The fourth-order valence-electron chi connectivity index (χ4n) is 2.05. The number of nitriles is 1. The molecule has 0 aliphatic heterocycles. The Bertz CT molecular complexity index is 691. The summed E-state index contributed by atoms with van der Waals surface area (Å²) in [7, 11) is 3.45. The van der Waals surface area contributed by atoms with Crippen molar-refractivity contribution in [2.24, 2.45) is 0 Å². The van der Waals surface area contributed by atoms with Crippen LogP contribution in [0.15, 0.2) is 18.2 Å². The number of benzene rings is 1. The molecule has 0 fully saturated rings. The topological polar surface area (TPSA) is 52.0 Å². The molecule has 0 spiro atoms. The molecule has 0 bridgehead atoms. The maximum Gasteiger partial charge on any atom is 0.162 e. The molecule has 1 aromatic heterocycles. The summed E-state index contributed by atoms with van der Waals surface area (Å²) in [6.07, 6.45) is 0. The van der Waals surface area contributed by atoms with E-state index in [-0.39, 0.29) is 22.8 Å². The average molecular weight is 343 g/mol. The molecule has 0 saturated carbocycles. The van der Waals surface area contributed by atoms with E-state index in [1.54, 1.807) is 19.0 Å². The van der Waals surface area contributed by atoms with Crippen LogP contribution in [0.25, 0.3) is 0 Å². The Morgan fingerprint density at radius 2 is 2.05 bits per heavy atom. The van der Waals surface area contributed by atoms with Gasteiger partial charge in [-0.1, -0.05) is 17.7 Å². The van der Waals surface area contributed by atoms with Crippen LogP contribution in [-0.4, -0.2) is 29.9 Å². The van der Waals surface area contributed by atoms with Crippen LogP contribution in [-0.2, 0) is 0 Å². The zero-order valence-corrected chi connectivity index (χ0v) is 13.5. The highest BCUT2D eigenvalue weighted by atomic mass is 35.5. The Kier molecular flexibility index (Phi) is 5.29. The predicted octanol–water partition coefficient (Wildman–Crippen LogP) is 3.66. The van der Waals surface area contributed by atoms with Gasteiger partial charge in [-0.2, -0.15) is 9.64 Å². The molecule has 4 nitrogen and oxygen atoms in total. The minimum Gasteiger partial charge on any atom is -0.373 e. The molecule has 2 rings (SSSR count). The average Bonchev–Trinajstić information content (AvgIpc) is 2.81. The van der Waals surface area contributed by atoms with Gasteiger partial charge in [0.25, 0.3) is 0 Å². The SMILES string of the molecule is CN(C)C(CNc1snc(Cl)c1C#N)c1c(F)cccc1F. The van der Waals surface area contributed by atoms with Crippen LogP contribution in [0.5, 0.6) is 0 Å². The van der Waals surface area contributed by atoms with Crippen molar-refractivity contribution in [3.05, 3.63) is 46.1 Å². The van der Waals surface area contributed by atoms with Crippen LogP contribution in [0, 0.1) is 23.0 Å². The van der Waals surface area contributed by atoms with Crippen molar-refractivity contribution >= 4 is 28.1 Å². The Hall–Kier alpha value is -1.75. The van der Waals surface area contributed by atoms with E-state index in [0.717, 1.165) is 11.5 Å². The van der Waals surface area contributed by atoms with Crippen LogP contribution < -0.4 is 5.32 Å². The molecule has 0 amide bonds. The molecule has 0 aliphatic rings. The Morgan fingerprint density at radius 1 is 1.41 bits per heavy atom. The normalized spacial score (nSPS) is 12.2. The van der Waals surface area contributed by atoms with Crippen LogP contribution in [0.4, 0.5) is 13.8 Å². The number of hydrogen-bond donors (Lipinski definition) is 1. The predicted molar refractivity (Wildman–Crippen MR) is 83.1 cm³/mol. The second-order valence-electron chi connectivity index (χ2n) is 4.78. The number of halogens is 3. The molecular weight excluding hydrogens is 330 g/mol. The van der Waals surface area contributed by atoms with Crippen molar-refractivity contribution in [1.29, 1.82) is 5.26 Å². The highest BCUT2D eigenvalue weighted by Gasteiger charge is 2.23. The number of anilines is 1. The van der Waals surface area contributed by atoms with Gasteiger partial charge in [-0.25, -0.2) is 8.78 Å². The molecule has 1 atom stereocenters. The van der Waals surface area contributed by atoms with E-state index >= 15 is 0 Å². The lowest BCUT2D eigenvalue weighted by molar-refractivity contribution is 0.295. The summed E-state index contributed by atoms with van der Waals surface area (Å²) in [6.45, 7) is 0.206. The monoisotopic (exact) mass is 342 g/mol. The van der Waals surface area contributed by atoms with Gasteiger partial charge in [0.1, 0.15) is 28.3 Å². The maximum atomic E-state index is 14.0. The third-order valence-electron chi connectivity index (χ3n) is 3.17. The van der Waals surface area contributed by atoms with Crippen molar-refractivity contribution in [2.45, 2.75) is 6.04 Å². The van der Waals surface area contributed by atoms with Gasteiger partial charge in [0.05, 0.1) is 6.04 Å². The van der Waals surface area contributed by atoms with E-state index in [2.05, 4.69) is 9.69 Å². The maximum absolute atomic E-state index is 14.0. The van der Waals surface area contributed by atoms with Crippen molar-refractivity contribution < 1.29 is 8.78 Å². The summed E-state index contributed by atoms with van der Waals surface area (Å²) in [6, 6.07) is 5.17. The largest absolute Gasteiger partial charge is 0.373 e.